The van der Waals surface area contributed by atoms with Crippen molar-refractivity contribution in [2.24, 2.45) is 0 Å². The maximum absolute atomic E-state index is 12.8. The molecule has 0 atom stereocenters. The zero-order chi connectivity index (χ0) is 16.9. The molecular formula is C15H17F4NO3. The summed E-state index contributed by atoms with van der Waals surface area (Å²) in [7, 11) is 0. The topological polar surface area (TPSA) is 38.8 Å². The van der Waals surface area contributed by atoms with E-state index in [0.717, 1.165) is 17.0 Å². The Bertz CT molecular complexity index is 512. The Kier molecular flexibility index (Phi) is 5.81. The van der Waals surface area contributed by atoms with Crippen LogP contribution in [0.25, 0.3) is 0 Å². The summed E-state index contributed by atoms with van der Waals surface area (Å²) in [5, 5.41) is 0. The minimum absolute atomic E-state index is 0.221. The summed E-state index contributed by atoms with van der Waals surface area (Å²) in [5.74, 6) is -0.998. The molecule has 0 aliphatic carbocycles. The molecule has 1 heterocycles. The number of amides is 1. The fourth-order valence-corrected chi connectivity index (χ4v) is 2.37. The lowest BCUT2D eigenvalue weighted by Gasteiger charge is -2.34. The van der Waals surface area contributed by atoms with E-state index in [0.29, 0.717) is 26.1 Å². The van der Waals surface area contributed by atoms with Gasteiger partial charge in [-0.25, -0.2) is 4.39 Å². The third kappa shape index (κ3) is 5.70. The number of hydrogen-bond donors (Lipinski definition) is 0. The second kappa shape index (κ2) is 7.63. The SMILES string of the molecule is O=C(COc1ccc(F)cc1)N(CC(F)(F)F)C1CCOCC1. The van der Waals surface area contributed by atoms with E-state index in [4.69, 9.17) is 9.47 Å². The fourth-order valence-electron chi connectivity index (χ4n) is 2.37. The minimum atomic E-state index is -4.48. The highest BCUT2D eigenvalue weighted by atomic mass is 19.4. The largest absolute Gasteiger partial charge is 0.484 e. The highest BCUT2D eigenvalue weighted by Gasteiger charge is 2.37. The van der Waals surface area contributed by atoms with Crippen LogP contribution in [0.1, 0.15) is 12.8 Å². The van der Waals surface area contributed by atoms with E-state index < -0.39 is 37.1 Å². The van der Waals surface area contributed by atoms with Gasteiger partial charge in [-0.1, -0.05) is 0 Å². The summed E-state index contributed by atoms with van der Waals surface area (Å²) in [5.41, 5.74) is 0. The smallest absolute Gasteiger partial charge is 0.406 e. The lowest BCUT2D eigenvalue weighted by Crippen LogP contribution is -2.49. The molecule has 0 spiro atoms. The van der Waals surface area contributed by atoms with Crippen LogP contribution >= 0.6 is 0 Å². The number of halogens is 4. The van der Waals surface area contributed by atoms with Gasteiger partial charge in [0.25, 0.3) is 5.91 Å². The zero-order valence-electron chi connectivity index (χ0n) is 12.3. The van der Waals surface area contributed by atoms with Gasteiger partial charge in [-0.05, 0) is 37.1 Å². The van der Waals surface area contributed by atoms with E-state index in [2.05, 4.69) is 0 Å². The average molecular weight is 335 g/mol. The van der Waals surface area contributed by atoms with Crippen LogP contribution < -0.4 is 4.74 Å². The molecule has 1 aromatic rings. The fraction of sp³-hybridized carbons (Fsp3) is 0.533. The third-order valence-corrected chi connectivity index (χ3v) is 3.48. The molecule has 8 heteroatoms. The van der Waals surface area contributed by atoms with E-state index in [1.807, 2.05) is 0 Å². The van der Waals surface area contributed by atoms with Crippen molar-refractivity contribution in [2.75, 3.05) is 26.4 Å². The predicted molar refractivity (Wildman–Crippen MR) is 73.5 cm³/mol. The summed E-state index contributed by atoms with van der Waals surface area (Å²) in [6.45, 7) is -1.20. The first-order valence-corrected chi connectivity index (χ1v) is 7.17. The summed E-state index contributed by atoms with van der Waals surface area (Å²) in [6, 6.07) is 4.39. The van der Waals surface area contributed by atoms with Crippen LogP contribution in [0.3, 0.4) is 0 Å². The van der Waals surface area contributed by atoms with E-state index in [-0.39, 0.29) is 5.75 Å². The van der Waals surface area contributed by atoms with Crippen LogP contribution in [0.5, 0.6) is 5.75 Å². The molecule has 0 N–H and O–H groups in total. The second-order valence-electron chi connectivity index (χ2n) is 5.22. The van der Waals surface area contributed by atoms with Gasteiger partial charge in [0.1, 0.15) is 18.1 Å². The van der Waals surface area contributed by atoms with Crippen molar-refractivity contribution in [3.05, 3.63) is 30.1 Å². The molecule has 128 valence electrons. The highest BCUT2D eigenvalue weighted by molar-refractivity contribution is 5.78. The number of hydrogen-bond acceptors (Lipinski definition) is 3. The minimum Gasteiger partial charge on any atom is -0.484 e. The molecule has 23 heavy (non-hydrogen) atoms. The number of benzene rings is 1. The number of ether oxygens (including phenoxy) is 2. The number of carbonyl (C=O) groups is 1. The molecular weight excluding hydrogens is 318 g/mol. The summed E-state index contributed by atoms with van der Waals surface area (Å²) >= 11 is 0. The molecule has 4 nitrogen and oxygen atoms in total. The maximum atomic E-state index is 12.8. The van der Waals surface area contributed by atoms with Crippen LogP contribution in [0.15, 0.2) is 24.3 Å². The van der Waals surface area contributed by atoms with Gasteiger partial charge in [-0.3, -0.25) is 4.79 Å². The highest BCUT2D eigenvalue weighted by Crippen LogP contribution is 2.22. The van der Waals surface area contributed by atoms with Gasteiger partial charge < -0.3 is 14.4 Å². The standard InChI is InChI=1S/C15H17F4NO3/c16-11-1-3-13(4-2-11)23-9-14(21)20(10-15(17,18)19)12-5-7-22-8-6-12/h1-4,12H,5-10H2. The van der Waals surface area contributed by atoms with Crippen molar-refractivity contribution in [1.82, 2.24) is 4.90 Å². The van der Waals surface area contributed by atoms with Gasteiger partial charge in [0.15, 0.2) is 6.61 Å². The lowest BCUT2D eigenvalue weighted by atomic mass is 10.1. The Morgan fingerprint density at radius 1 is 1.22 bits per heavy atom. The molecule has 0 unspecified atom stereocenters. The molecule has 1 aliphatic heterocycles. The molecule has 2 rings (SSSR count). The summed E-state index contributed by atoms with van der Waals surface area (Å²) in [4.78, 5) is 12.9. The van der Waals surface area contributed by atoms with Crippen molar-refractivity contribution in [2.45, 2.75) is 25.1 Å². The Balaban J connectivity index is 1.98. The molecule has 0 radical (unpaired) electrons. The van der Waals surface area contributed by atoms with Crippen molar-refractivity contribution in [3.63, 3.8) is 0 Å². The first-order valence-electron chi connectivity index (χ1n) is 7.17. The van der Waals surface area contributed by atoms with Crippen LogP contribution in [-0.2, 0) is 9.53 Å². The molecule has 0 saturated carbocycles. The first kappa shape index (κ1) is 17.5. The molecule has 0 aromatic heterocycles. The van der Waals surface area contributed by atoms with Crippen molar-refractivity contribution in [1.29, 1.82) is 0 Å². The van der Waals surface area contributed by atoms with Crippen LogP contribution in [-0.4, -0.2) is 49.4 Å². The van der Waals surface area contributed by atoms with Gasteiger partial charge in [-0.2, -0.15) is 13.2 Å². The van der Waals surface area contributed by atoms with Gasteiger partial charge in [0, 0.05) is 19.3 Å². The number of rotatable bonds is 5. The van der Waals surface area contributed by atoms with Gasteiger partial charge >= 0.3 is 6.18 Å². The van der Waals surface area contributed by atoms with Crippen LogP contribution in [0.4, 0.5) is 17.6 Å². The Morgan fingerprint density at radius 2 is 1.83 bits per heavy atom. The number of alkyl halides is 3. The normalized spacial score (nSPS) is 16.2. The lowest BCUT2D eigenvalue weighted by molar-refractivity contribution is -0.170. The van der Waals surface area contributed by atoms with Crippen LogP contribution in [0.2, 0.25) is 0 Å². The average Bonchev–Trinajstić information content (AvgIpc) is 2.52. The van der Waals surface area contributed by atoms with Crippen molar-refractivity contribution >= 4 is 5.91 Å². The quantitative estimate of drug-likeness (QED) is 0.777. The predicted octanol–water partition coefficient (Wildman–Crippen LogP) is 2.77. The van der Waals surface area contributed by atoms with E-state index in [1.165, 1.54) is 12.1 Å². The molecule has 0 bridgehead atoms. The van der Waals surface area contributed by atoms with E-state index in [9.17, 15) is 22.4 Å². The Hall–Kier alpha value is -1.83. The van der Waals surface area contributed by atoms with Gasteiger partial charge in [0.2, 0.25) is 0 Å². The summed E-state index contributed by atoms with van der Waals surface area (Å²) < 4.78 is 61.2. The van der Waals surface area contributed by atoms with E-state index in [1.54, 1.807) is 0 Å². The number of nitrogens with zero attached hydrogens (tertiary/aromatic N) is 1. The maximum Gasteiger partial charge on any atom is 0.406 e. The first-order chi connectivity index (χ1) is 10.8. The van der Waals surface area contributed by atoms with E-state index >= 15 is 0 Å². The number of carbonyl (C=O) groups excluding carboxylic acids is 1. The third-order valence-electron chi connectivity index (χ3n) is 3.48. The molecule has 1 aromatic carbocycles. The molecule has 1 amide bonds. The monoisotopic (exact) mass is 335 g/mol. The second-order valence-corrected chi connectivity index (χ2v) is 5.22. The molecule has 1 saturated heterocycles. The van der Waals surface area contributed by atoms with Gasteiger partial charge in [-0.15, -0.1) is 0 Å². The van der Waals surface area contributed by atoms with Crippen molar-refractivity contribution in [3.8, 4) is 5.75 Å². The summed E-state index contributed by atoms with van der Waals surface area (Å²) in [6.07, 6.45) is -3.76. The van der Waals surface area contributed by atoms with Crippen molar-refractivity contribution < 1.29 is 31.8 Å². The Labute approximate surface area is 131 Å². The van der Waals surface area contributed by atoms with Gasteiger partial charge in [0.05, 0.1) is 0 Å². The Morgan fingerprint density at radius 3 is 2.39 bits per heavy atom. The van der Waals surface area contributed by atoms with Crippen LogP contribution in [0, 0.1) is 5.82 Å². The molecule has 1 aliphatic rings. The molecule has 1 fully saturated rings. The zero-order valence-corrected chi connectivity index (χ0v) is 12.3.